The fourth-order valence-electron chi connectivity index (χ4n) is 4.11. The Kier molecular flexibility index (Phi) is 5.64. The fraction of sp³-hybridized carbons (Fsp3) is 0.364. The van der Waals surface area contributed by atoms with Gasteiger partial charge in [-0.1, -0.05) is 41.9 Å². The summed E-state index contributed by atoms with van der Waals surface area (Å²) in [5.41, 5.74) is 3.15. The van der Waals surface area contributed by atoms with Crippen LogP contribution in [0.25, 0.3) is 0 Å². The first kappa shape index (κ1) is 19.0. The third-order valence-electron chi connectivity index (χ3n) is 5.54. The van der Waals surface area contributed by atoms with Gasteiger partial charge in [0.15, 0.2) is 0 Å². The highest BCUT2D eigenvalue weighted by molar-refractivity contribution is 6.30. The molecular formula is C22H24ClN3O2. The second-order valence-electron chi connectivity index (χ2n) is 7.29. The Morgan fingerprint density at radius 1 is 1.14 bits per heavy atom. The highest BCUT2D eigenvalue weighted by atomic mass is 35.5. The van der Waals surface area contributed by atoms with Crippen molar-refractivity contribution in [2.45, 2.75) is 25.3 Å². The third kappa shape index (κ3) is 3.91. The van der Waals surface area contributed by atoms with Crippen LogP contribution < -0.4 is 10.2 Å². The number of hydrogen-bond acceptors (Lipinski definition) is 3. The van der Waals surface area contributed by atoms with Gasteiger partial charge in [-0.3, -0.25) is 9.59 Å². The van der Waals surface area contributed by atoms with E-state index in [1.165, 1.54) is 5.56 Å². The number of rotatable bonds is 4. The molecule has 2 amide bonds. The molecule has 0 bridgehead atoms. The molecule has 28 heavy (non-hydrogen) atoms. The van der Waals surface area contributed by atoms with Crippen molar-refractivity contribution in [2.24, 2.45) is 0 Å². The van der Waals surface area contributed by atoms with Crippen LogP contribution in [0.4, 0.5) is 5.69 Å². The molecule has 2 aliphatic heterocycles. The predicted octanol–water partition coefficient (Wildman–Crippen LogP) is 3.18. The third-order valence-corrected chi connectivity index (χ3v) is 5.77. The molecule has 0 saturated carbocycles. The molecule has 0 radical (unpaired) electrons. The van der Waals surface area contributed by atoms with Crippen LogP contribution in [0.1, 0.15) is 30.0 Å². The van der Waals surface area contributed by atoms with Crippen molar-refractivity contribution in [1.29, 1.82) is 0 Å². The minimum Gasteiger partial charge on any atom is -0.333 e. The summed E-state index contributed by atoms with van der Waals surface area (Å²) in [5.74, 6) is 0.167. The van der Waals surface area contributed by atoms with Gasteiger partial charge in [0.1, 0.15) is 0 Å². The van der Waals surface area contributed by atoms with Crippen LogP contribution in [0.2, 0.25) is 5.02 Å². The van der Waals surface area contributed by atoms with Crippen LogP contribution in [0, 0.1) is 0 Å². The molecule has 2 heterocycles. The maximum atomic E-state index is 13.1. The summed E-state index contributed by atoms with van der Waals surface area (Å²) in [6.45, 7) is 2.55. The van der Waals surface area contributed by atoms with Gasteiger partial charge in [-0.25, -0.2) is 0 Å². The van der Waals surface area contributed by atoms with Crippen LogP contribution in [-0.4, -0.2) is 42.9 Å². The number of para-hydroxylation sites is 1. The van der Waals surface area contributed by atoms with Crippen LogP contribution in [-0.2, 0) is 16.0 Å². The number of fused-ring (bicyclic) bond motifs is 1. The molecule has 2 aromatic rings. The Hall–Kier alpha value is -2.37. The maximum Gasteiger partial charge on any atom is 0.227 e. The van der Waals surface area contributed by atoms with E-state index in [0.717, 1.165) is 24.2 Å². The summed E-state index contributed by atoms with van der Waals surface area (Å²) in [7, 11) is 0. The number of carbonyl (C=O) groups is 2. The van der Waals surface area contributed by atoms with Crippen LogP contribution in [0.3, 0.4) is 0 Å². The number of amides is 2. The lowest BCUT2D eigenvalue weighted by atomic mass is 10.0. The Balaban J connectivity index is 1.47. The average Bonchev–Trinajstić information content (AvgIpc) is 2.73. The molecule has 1 fully saturated rings. The summed E-state index contributed by atoms with van der Waals surface area (Å²) in [6, 6.07) is 15.6. The highest BCUT2D eigenvalue weighted by Crippen LogP contribution is 2.29. The molecular weight excluding hydrogens is 374 g/mol. The molecule has 0 aliphatic carbocycles. The molecule has 1 saturated heterocycles. The standard InChI is InChI=1S/C22H24ClN3O2/c23-18-6-3-5-17(14-18)20-15-24-11-13-26(20)22(28)10-12-25-19-7-2-1-4-16(19)8-9-21(25)27/h1-7,14,20,24H,8-13,15H2. The Bertz CT molecular complexity index is 886. The van der Waals surface area contributed by atoms with Gasteiger partial charge in [0.05, 0.1) is 6.04 Å². The lowest BCUT2D eigenvalue weighted by Gasteiger charge is -2.37. The van der Waals surface area contributed by atoms with Gasteiger partial charge in [0.25, 0.3) is 0 Å². The minimum absolute atomic E-state index is 0.0377. The number of nitrogens with one attached hydrogen (secondary N) is 1. The molecule has 1 atom stereocenters. The van der Waals surface area contributed by atoms with E-state index < -0.39 is 0 Å². The number of nitrogens with zero attached hydrogens (tertiary/aromatic N) is 2. The first-order valence-corrected chi connectivity index (χ1v) is 10.2. The second kappa shape index (κ2) is 8.33. The summed E-state index contributed by atoms with van der Waals surface area (Å²) in [5, 5.41) is 4.03. The van der Waals surface area contributed by atoms with Gasteiger partial charge in [0.2, 0.25) is 11.8 Å². The normalized spacial score (nSPS) is 19.5. The summed E-state index contributed by atoms with van der Waals surface area (Å²) < 4.78 is 0. The van der Waals surface area contributed by atoms with Gasteiger partial charge in [-0.15, -0.1) is 0 Å². The van der Waals surface area contributed by atoms with Crippen molar-refractivity contribution in [3.05, 3.63) is 64.7 Å². The lowest BCUT2D eigenvalue weighted by molar-refractivity contribution is -0.134. The van der Waals surface area contributed by atoms with Crippen LogP contribution in [0.15, 0.2) is 48.5 Å². The van der Waals surface area contributed by atoms with Gasteiger partial charge >= 0.3 is 0 Å². The summed E-state index contributed by atoms with van der Waals surface area (Å²) in [4.78, 5) is 29.2. The molecule has 0 spiro atoms. The second-order valence-corrected chi connectivity index (χ2v) is 7.72. The van der Waals surface area contributed by atoms with E-state index in [1.54, 1.807) is 4.90 Å². The number of carbonyl (C=O) groups excluding carboxylic acids is 2. The predicted molar refractivity (Wildman–Crippen MR) is 111 cm³/mol. The number of anilines is 1. The molecule has 146 valence electrons. The monoisotopic (exact) mass is 397 g/mol. The van der Waals surface area contributed by atoms with Crippen LogP contribution >= 0.6 is 11.6 Å². The zero-order chi connectivity index (χ0) is 19.5. The zero-order valence-corrected chi connectivity index (χ0v) is 16.5. The van der Waals surface area contributed by atoms with Gasteiger partial charge < -0.3 is 15.1 Å². The number of hydrogen-bond donors (Lipinski definition) is 1. The molecule has 1 unspecified atom stereocenters. The van der Waals surface area contributed by atoms with E-state index in [4.69, 9.17) is 11.6 Å². The molecule has 1 N–H and O–H groups in total. The molecule has 2 aromatic carbocycles. The number of benzene rings is 2. The SMILES string of the molecule is O=C1CCc2ccccc2N1CCC(=O)N1CCNCC1c1cccc(Cl)c1. The van der Waals surface area contributed by atoms with E-state index in [9.17, 15) is 9.59 Å². The largest absolute Gasteiger partial charge is 0.333 e. The van der Waals surface area contributed by atoms with Crippen molar-refractivity contribution in [1.82, 2.24) is 10.2 Å². The van der Waals surface area contributed by atoms with E-state index >= 15 is 0 Å². The molecule has 2 aliphatic rings. The van der Waals surface area contributed by atoms with E-state index in [2.05, 4.69) is 11.4 Å². The maximum absolute atomic E-state index is 13.1. The molecule has 0 aromatic heterocycles. The van der Waals surface area contributed by atoms with E-state index in [0.29, 0.717) is 37.5 Å². The molecule has 6 heteroatoms. The Morgan fingerprint density at radius 3 is 2.86 bits per heavy atom. The van der Waals surface area contributed by atoms with Gasteiger partial charge in [-0.05, 0) is 35.7 Å². The van der Waals surface area contributed by atoms with Crippen molar-refractivity contribution in [2.75, 3.05) is 31.1 Å². The minimum atomic E-state index is -0.0377. The Morgan fingerprint density at radius 2 is 2.00 bits per heavy atom. The van der Waals surface area contributed by atoms with E-state index in [1.807, 2.05) is 47.4 Å². The molecule has 4 rings (SSSR count). The first-order valence-electron chi connectivity index (χ1n) is 9.77. The first-order chi connectivity index (χ1) is 13.6. The zero-order valence-electron chi connectivity index (χ0n) is 15.7. The summed E-state index contributed by atoms with van der Waals surface area (Å²) >= 11 is 6.15. The van der Waals surface area contributed by atoms with Gasteiger partial charge in [-0.2, -0.15) is 0 Å². The smallest absolute Gasteiger partial charge is 0.227 e. The van der Waals surface area contributed by atoms with Crippen molar-refractivity contribution < 1.29 is 9.59 Å². The quantitative estimate of drug-likeness (QED) is 0.862. The topological polar surface area (TPSA) is 52.7 Å². The average molecular weight is 398 g/mol. The van der Waals surface area contributed by atoms with Gasteiger partial charge in [0, 0.05) is 49.7 Å². The Labute approximate surface area is 170 Å². The van der Waals surface area contributed by atoms with Crippen molar-refractivity contribution in [3.8, 4) is 0 Å². The van der Waals surface area contributed by atoms with Crippen molar-refractivity contribution in [3.63, 3.8) is 0 Å². The number of halogens is 1. The number of aryl methyl sites for hydroxylation is 1. The van der Waals surface area contributed by atoms with E-state index in [-0.39, 0.29) is 17.9 Å². The highest BCUT2D eigenvalue weighted by Gasteiger charge is 2.29. The van der Waals surface area contributed by atoms with Crippen molar-refractivity contribution >= 4 is 29.1 Å². The van der Waals surface area contributed by atoms with Crippen LogP contribution in [0.5, 0.6) is 0 Å². The fourth-order valence-corrected chi connectivity index (χ4v) is 4.31. The lowest BCUT2D eigenvalue weighted by Crippen LogP contribution is -2.49. The summed E-state index contributed by atoms with van der Waals surface area (Å²) in [6.07, 6.45) is 1.59. The number of piperazine rings is 1. The molecule has 5 nitrogen and oxygen atoms in total.